The van der Waals surface area contributed by atoms with Crippen molar-refractivity contribution in [3.8, 4) is 0 Å². The predicted octanol–water partition coefficient (Wildman–Crippen LogP) is 3.36. The summed E-state index contributed by atoms with van der Waals surface area (Å²) in [5, 5.41) is 0. The summed E-state index contributed by atoms with van der Waals surface area (Å²) in [6.07, 6.45) is 14.4. The largest absolute Gasteiger partial charge is 0.286 e. The van der Waals surface area contributed by atoms with Gasteiger partial charge in [-0.2, -0.15) is 0 Å². The number of allylic oxidation sites excluding steroid dienone is 1. The van der Waals surface area contributed by atoms with Crippen LogP contribution in [0.2, 0.25) is 0 Å². The van der Waals surface area contributed by atoms with Crippen molar-refractivity contribution >= 4 is 5.71 Å². The highest BCUT2D eigenvalue weighted by atomic mass is 14.8. The summed E-state index contributed by atoms with van der Waals surface area (Å²) in [6, 6.07) is 0.563. The van der Waals surface area contributed by atoms with Crippen molar-refractivity contribution < 1.29 is 0 Å². The molecule has 1 heteroatoms. The van der Waals surface area contributed by atoms with Crippen molar-refractivity contribution in [3.63, 3.8) is 0 Å². The van der Waals surface area contributed by atoms with Gasteiger partial charge in [-0.25, -0.2) is 0 Å². The lowest BCUT2D eigenvalue weighted by molar-refractivity contribution is 0.287. The van der Waals surface area contributed by atoms with Crippen LogP contribution in [-0.4, -0.2) is 11.8 Å². The summed E-state index contributed by atoms with van der Waals surface area (Å²) in [5.74, 6) is 1.75. The molecule has 14 heavy (non-hydrogen) atoms. The van der Waals surface area contributed by atoms with Crippen LogP contribution in [0.15, 0.2) is 17.1 Å². The Morgan fingerprint density at radius 2 is 1.86 bits per heavy atom. The van der Waals surface area contributed by atoms with Crippen molar-refractivity contribution in [2.45, 2.75) is 51.0 Å². The van der Waals surface area contributed by atoms with E-state index >= 15 is 0 Å². The smallest absolute Gasteiger partial charge is 0.0707 e. The first-order valence-corrected chi connectivity index (χ1v) is 6.17. The Morgan fingerprint density at radius 1 is 1.07 bits per heavy atom. The fourth-order valence-electron chi connectivity index (χ4n) is 2.67. The van der Waals surface area contributed by atoms with Crippen molar-refractivity contribution in [3.05, 3.63) is 12.2 Å². The SMILES string of the molecule is C1=CC(C2CCC2)N=C(C2CCC2)C1. The van der Waals surface area contributed by atoms with Gasteiger partial charge in [0.05, 0.1) is 6.04 Å². The Balaban J connectivity index is 1.69. The molecule has 2 fully saturated rings. The van der Waals surface area contributed by atoms with Crippen LogP contribution in [0.4, 0.5) is 0 Å². The van der Waals surface area contributed by atoms with E-state index in [0.717, 1.165) is 18.3 Å². The number of hydrogen-bond donors (Lipinski definition) is 0. The molecule has 1 nitrogen and oxygen atoms in total. The van der Waals surface area contributed by atoms with E-state index < -0.39 is 0 Å². The Morgan fingerprint density at radius 3 is 2.43 bits per heavy atom. The molecule has 0 radical (unpaired) electrons. The van der Waals surface area contributed by atoms with Gasteiger partial charge in [0.15, 0.2) is 0 Å². The van der Waals surface area contributed by atoms with Gasteiger partial charge in [0, 0.05) is 12.1 Å². The van der Waals surface area contributed by atoms with E-state index in [4.69, 9.17) is 4.99 Å². The van der Waals surface area contributed by atoms with Crippen molar-refractivity contribution in [2.75, 3.05) is 0 Å². The molecule has 3 rings (SSSR count). The standard InChI is InChI=1S/C13H19N/c1-4-10(5-1)12-8-3-9-13(14-12)11-6-2-7-11/h3,8,10-12H,1-2,4-7,9H2. The van der Waals surface area contributed by atoms with Gasteiger partial charge < -0.3 is 0 Å². The van der Waals surface area contributed by atoms with Crippen LogP contribution in [0.5, 0.6) is 0 Å². The maximum absolute atomic E-state index is 4.96. The van der Waals surface area contributed by atoms with Crippen molar-refractivity contribution in [2.24, 2.45) is 16.8 Å². The molecule has 0 aromatic rings. The van der Waals surface area contributed by atoms with E-state index in [2.05, 4.69) is 12.2 Å². The molecule has 0 amide bonds. The van der Waals surface area contributed by atoms with Gasteiger partial charge in [-0.05, 0) is 37.5 Å². The Bertz CT molecular complexity index is 269. The molecule has 76 valence electrons. The third-order valence-electron chi connectivity index (χ3n) is 4.18. The van der Waals surface area contributed by atoms with Gasteiger partial charge in [0.1, 0.15) is 0 Å². The molecule has 1 heterocycles. The van der Waals surface area contributed by atoms with Gasteiger partial charge in [-0.1, -0.05) is 25.0 Å². The van der Waals surface area contributed by atoms with Crippen LogP contribution >= 0.6 is 0 Å². The normalized spacial score (nSPS) is 33.4. The second-order valence-electron chi connectivity index (χ2n) is 5.06. The van der Waals surface area contributed by atoms with Crippen LogP contribution in [0.1, 0.15) is 44.9 Å². The topological polar surface area (TPSA) is 12.4 Å². The molecule has 1 aliphatic heterocycles. The third kappa shape index (κ3) is 1.43. The molecule has 0 bridgehead atoms. The summed E-state index contributed by atoms with van der Waals surface area (Å²) >= 11 is 0. The fourth-order valence-corrected chi connectivity index (χ4v) is 2.67. The number of rotatable bonds is 2. The number of hydrogen-bond acceptors (Lipinski definition) is 1. The monoisotopic (exact) mass is 189 g/mol. The molecule has 0 aromatic heterocycles. The average Bonchev–Trinajstić information content (AvgIpc) is 1.98. The first-order chi connectivity index (χ1) is 6.93. The van der Waals surface area contributed by atoms with E-state index in [1.807, 2.05) is 0 Å². The van der Waals surface area contributed by atoms with Gasteiger partial charge in [0.2, 0.25) is 0 Å². The molecule has 0 aromatic carbocycles. The molecule has 2 aliphatic carbocycles. The van der Waals surface area contributed by atoms with Crippen LogP contribution < -0.4 is 0 Å². The minimum absolute atomic E-state index is 0.563. The highest BCUT2D eigenvalue weighted by molar-refractivity contribution is 5.89. The molecule has 1 unspecified atom stereocenters. The Labute approximate surface area is 86.3 Å². The Hall–Kier alpha value is -0.590. The summed E-state index contributed by atoms with van der Waals surface area (Å²) in [6.45, 7) is 0. The zero-order valence-electron chi connectivity index (χ0n) is 8.78. The van der Waals surface area contributed by atoms with Crippen LogP contribution in [-0.2, 0) is 0 Å². The average molecular weight is 189 g/mol. The second-order valence-corrected chi connectivity index (χ2v) is 5.06. The minimum Gasteiger partial charge on any atom is -0.286 e. The summed E-state index contributed by atoms with van der Waals surface area (Å²) in [7, 11) is 0. The lowest BCUT2D eigenvalue weighted by atomic mass is 9.76. The summed E-state index contributed by atoms with van der Waals surface area (Å²) in [5.41, 5.74) is 1.52. The van der Waals surface area contributed by atoms with E-state index in [1.165, 1.54) is 44.2 Å². The molecule has 0 N–H and O–H groups in total. The van der Waals surface area contributed by atoms with Gasteiger partial charge >= 0.3 is 0 Å². The zero-order valence-corrected chi connectivity index (χ0v) is 8.78. The second kappa shape index (κ2) is 3.52. The van der Waals surface area contributed by atoms with Gasteiger partial charge in [-0.15, -0.1) is 0 Å². The van der Waals surface area contributed by atoms with E-state index in [-0.39, 0.29) is 0 Å². The van der Waals surface area contributed by atoms with Crippen molar-refractivity contribution in [1.29, 1.82) is 0 Å². The molecule has 1 atom stereocenters. The first kappa shape index (κ1) is 8.70. The lowest BCUT2D eigenvalue weighted by Crippen LogP contribution is -2.30. The third-order valence-corrected chi connectivity index (χ3v) is 4.18. The van der Waals surface area contributed by atoms with Crippen LogP contribution in [0.3, 0.4) is 0 Å². The summed E-state index contributed by atoms with van der Waals surface area (Å²) in [4.78, 5) is 4.96. The predicted molar refractivity (Wildman–Crippen MR) is 59.7 cm³/mol. The molecule has 3 aliphatic rings. The summed E-state index contributed by atoms with van der Waals surface area (Å²) < 4.78 is 0. The molecular weight excluding hydrogens is 170 g/mol. The number of nitrogens with zero attached hydrogens (tertiary/aromatic N) is 1. The van der Waals surface area contributed by atoms with Gasteiger partial charge in [0.25, 0.3) is 0 Å². The quantitative estimate of drug-likeness (QED) is 0.591. The number of dihydropyridines is 1. The molecule has 0 spiro atoms. The maximum Gasteiger partial charge on any atom is 0.0707 e. The van der Waals surface area contributed by atoms with Gasteiger partial charge in [-0.3, -0.25) is 4.99 Å². The molecular formula is C13H19N. The fraction of sp³-hybridized carbons (Fsp3) is 0.769. The van der Waals surface area contributed by atoms with E-state index in [9.17, 15) is 0 Å². The van der Waals surface area contributed by atoms with Crippen LogP contribution in [0, 0.1) is 11.8 Å². The zero-order chi connectivity index (χ0) is 9.38. The van der Waals surface area contributed by atoms with E-state index in [1.54, 1.807) is 0 Å². The minimum atomic E-state index is 0.563. The van der Waals surface area contributed by atoms with E-state index in [0.29, 0.717) is 6.04 Å². The maximum atomic E-state index is 4.96. The highest BCUT2D eigenvalue weighted by Gasteiger charge is 2.29. The molecule has 0 saturated heterocycles. The lowest BCUT2D eigenvalue weighted by Gasteiger charge is -2.34. The van der Waals surface area contributed by atoms with Crippen molar-refractivity contribution in [1.82, 2.24) is 0 Å². The first-order valence-electron chi connectivity index (χ1n) is 6.17. The highest BCUT2D eigenvalue weighted by Crippen LogP contribution is 2.36. The number of aliphatic imine (C=N–C) groups is 1. The molecule has 2 saturated carbocycles. The Kier molecular flexibility index (Phi) is 2.19. The van der Waals surface area contributed by atoms with Crippen LogP contribution in [0.25, 0.3) is 0 Å².